The fourth-order valence-corrected chi connectivity index (χ4v) is 1.89. The molecule has 0 aromatic rings. The van der Waals surface area contributed by atoms with E-state index in [0.717, 1.165) is 6.42 Å². The Kier molecular flexibility index (Phi) is 3.83. The minimum absolute atomic E-state index is 0.0819. The summed E-state index contributed by atoms with van der Waals surface area (Å²) < 4.78 is 31.6. The van der Waals surface area contributed by atoms with Crippen molar-refractivity contribution in [1.82, 2.24) is 0 Å². The van der Waals surface area contributed by atoms with Crippen LogP contribution in [0.25, 0.3) is 0 Å². The molecule has 0 heterocycles. The van der Waals surface area contributed by atoms with E-state index in [1.807, 2.05) is 0 Å². The number of hydrogen-bond acceptors (Lipinski definition) is 2. The van der Waals surface area contributed by atoms with Crippen molar-refractivity contribution in [2.75, 3.05) is 6.61 Å². The predicted octanol–water partition coefficient (Wildman–Crippen LogP) is 2.93. The molecule has 0 aliphatic heterocycles. The van der Waals surface area contributed by atoms with E-state index in [4.69, 9.17) is 0 Å². The van der Waals surface area contributed by atoms with E-state index in [2.05, 4.69) is 11.3 Å². The van der Waals surface area contributed by atoms with Crippen LogP contribution < -0.4 is 0 Å². The largest absolute Gasteiger partial charge is 0.463 e. The van der Waals surface area contributed by atoms with Gasteiger partial charge in [0.05, 0.1) is 12.5 Å². The quantitative estimate of drug-likeness (QED) is 0.537. The molecule has 0 saturated heterocycles. The first kappa shape index (κ1) is 12.1. The highest BCUT2D eigenvalue weighted by Crippen LogP contribution is 2.42. The molecule has 0 aromatic carbocycles. The summed E-state index contributed by atoms with van der Waals surface area (Å²) in [6.45, 7) is 5.27. The summed E-state index contributed by atoms with van der Waals surface area (Å²) in [7, 11) is 0. The van der Waals surface area contributed by atoms with Crippen LogP contribution in [-0.2, 0) is 9.53 Å². The van der Waals surface area contributed by atoms with Crippen molar-refractivity contribution < 1.29 is 18.3 Å². The van der Waals surface area contributed by atoms with Crippen LogP contribution in [0.15, 0.2) is 12.2 Å². The van der Waals surface area contributed by atoms with E-state index in [9.17, 15) is 13.6 Å². The maximum Gasteiger partial charge on any atom is 0.333 e. The molecule has 1 aliphatic carbocycles. The number of ether oxygens (including phenoxy) is 1. The molecule has 0 aromatic heterocycles. The minimum atomic E-state index is -2.80. The number of carbonyl (C=O) groups excluding carboxylic acids is 1. The van der Waals surface area contributed by atoms with Gasteiger partial charge in [0.2, 0.25) is 0 Å². The predicted molar refractivity (Wildman–Crippen MR) is 52.7 cm³/mol. The molecule has 2 nitrogen and oxygen atoms in total. The number of halogens is 2. The third-order valence-electron chi connectivity index (χ3n) is 2.72. The molecule has 0 spiro atoms. The SMILES string of the molecule is C=C(C(=O)OCC)C1CCCCC1(F)F. The van der Waals surface area contributed by atoms with Crippen LogP contribution >= 0.6 is 0 Å². The fourth-order valence-electron chi connectivity index (χ4n) is 1.89. The zero-order valence-electron chi connectivity index (χ0n) is 8.89. The van der Waals surface area contributed by atoms with Crippen LogP contribution in [-0.4, -0.2) is 18.5 Å². The van der Waals surface area contributed by atoms with Gasteiger partial charge in [-0.3, -0.25) is 0 Å². The molecule has 0 amide bonds. The van der Waals surface area contributed by atoms with Gasteiger partial charge in [-0.15, -0.1) is 0 Å². The number of rotatable bonds is 3. The molecule has 15 heavy (non-hydrogen) atoms. The highest BCUT2D eigenvalue weighted by Gasteiger charge is 2.44. The minimum Gasteiger partial charge on any atom is -0.463 e. The van der Waals surface area contributed by atoms with Crippen LogP contribution in [0.5, 0.6) is 0 Å². The Morgan fingerprint density at radius 1 is 1.53 bits per heavy atom. The molecule has 0 radical (unpaired) electrons. The van der Waals surface area contributed by atoms with Gasteiger partial charge in [-0.05, 0) is 19.8 Å². The highest BCUT2D eigenvalue weighted by molar-refractivity contribution is 5.88. The average molecular weight is 218 g/mol. The van der Waals surface area contributed by atoms with Crippen LogP contribution in [0.3, 0.4) is 0 Å². The lowest BCUT2D eigenvalue weighted by Crippen LogP contribution is -2.35. The molecular weight excluding hydrogens is 202 g/mol. The van der Waals surface area contributed by atoms with E-state index in [-0.39, 0.29) is 18.6 Å². The van der Waals surface area contributed by atoms with E-state index < -0.39 is 17.8 Å². The zero-order chi connectivity index (χ0) is 11.5. The third-order valence-corrected chi connectivity index (χ3v) is 2.72. The monoisotopic (exact) mass is 218 g/mol. The maximum absolute atomic E-state index is 13.5. The average Bonchev–Trinajstić information content (AvgIpc) is 2.16. The van der Waals surface area contributed by atoms with Crippen LogP contribution in [0.4, 0.5) is 8.78 Å². The van der Waals surface area contributed by atoms with E-state index in [1.54, 1.807) is 6.92 Å². The van der Waals surface area contributed by atoms with Gasteiger partial charge in [0, 0.05) is 12.0 Å². The normalized spacial score (nSPS) is 24.6. The lowest BCUT2D eigenvalue weighted by molar-refractivity contribution is -0.142. The Hall–Kier alpha value is -0.930. The summed E-state index contributed by atoms with van der Waals surface area (Å²) in [5.74, 6) is -4.53. The van der Waals surface area contributed by atoms with Gasteiger partial charge < -0.3 is 4.74 Å². The zero-order valence-corrected chi connectivity index (χ0v) is 8.89. The molecule has 1 fully saturated rings. The van der Waals surface area contributed by atoms with Crippen LogP contribution in [0, 0.1) is 5.92 Å². The molecule has 0 N–H and O–H groups in total. The van der Waals surface area contributed by atoms with Gasteiger partial charge in [-0.25, -0.2) is 13.6 Å². The Morgan fingerprint density at radius 3 is 2.73 bits per heavy atom. The van der Waals surface area contributed by atoms with Crippen molar-refractivity contribution in [3.05, 3.63) is 12.2 Å². The lowest BCUT2D eigenvalue weighted by Gasteiger charge is -2.31. The van der Waals surface area contributed by atoms with Gasteiger partial charge in [0.1, 0.15) is 0 Å². The Morgan fingerprint density at radius 2 is 2.20 bits per heavy atom. The highest BCUT2D eigenvalue weighted by atomic mass is 19.3. The molecule has 1 rings (SSSR count). The first-order valence-electron chi connectivity index (χ1n) is 5.22. The van der Waals surface area contributed by atoms with Crippen molar-refractivity contribution >= 4 is 5.97 Å². The second kappa shape index (κ2) is 4.73. The van der Waals surface area contributed by atoms with Crippen molar-refractivity contribution in [1.29, 1.82) is 0 Å². The first-order chi connectivity index (χ1) is 6.99. The van der Waals surface area contributed by atoms with Gasteiger partial charge in [0.15, 0.2) is 0 Å². The number of carbonyl (C=O) groups is 1. The third kappa shape index (κ3) is 2.76. The van der Waals surface area contributed by atoms with E-state index in [0.29, 0.717) is 12.8 Å². The Balaban J connectivity index is 2.68. The lowest BCUT2D eigenvalue weighted by atomic mass is 9.81. The van der Waals surface area contributed by atoms with Crippen molar-refractivity contribution in [3.8, 4) is 0 Å². The van der Waals surface area contributed by atoms with Crippen molar-refractivity contribution in [2.24, 2.45) is 5.92 Å². The molecule has 1 aliphatic rings. The Labute approximate surface area is 88.3 Å². The van der Waals surface area contributed by atoms with Crippen molar-refractivity contribution in [2.45, 2.75) is 38.5 Å². The summed E-state index contributed by atoms with van der Waals surface area (Å²) in [5.41, 5.74) is -0.0819. The molecule has 1 saturated carbocycles. The van der Waals surface area contributed by atoms with E-state index >= 15 is 0 Å². The number of hydrogen-bond donors (Lipinski definition) is 0. The molecule has 4 heteroatoms. The van der Waals surface area contributed by atoms with Gasteiger partial charge in [0.25, 0.3) is 5.92 Å². The summed E-state index contributed by atoms with van der Waals surface area (Å²) in [6, 6.07) is 0. The number of alkyl halides is 2. The summed E-state index contributed by atoms with van der Waals surface area (Å²) in [6.07, 6.45) is 1.40. The molecule has 1 atom stereocenters. The topological polar surface area (TPSA) is 26.3 Å². The summed E-state index contributed by atoms with van der Waals surface area (Å²) in [5, 5.41) is 0. The summed E-state index contributed by atoms with van der Waals surface area (Å²) in [4.78, 5) is 11.3. The molecular formula is C11H16F2O2. The second-order valence-electron chi connectivity index (χ2n) is 3.81. The van der Waals surface area contributed by atoms with E-state index in [1.165, 1.54) is 0 Å². The van der Waals surface area contributed by atoms with Gasteiger partial charge in [-0.1, -0.05) is 13.0 Å². The Bertz CT molecular complexity index is 261. The molecule has 1 unspecified atom stereocenters. The molecule has 0 bridgehead atoms. The smallest absolute Gasteiger partial charge is 0.333 e. The standard InChI is InChI=1S/C11H16F2O2/c1-3-15-10(14)8(2)9-6-4-5-7-11(9,12)13/h9H,2-7H2,1H3. The fraction of sp³-hybridized carbons (Fsp3) is 0.727. The van der Waals surface area contributed by atoms with Gasteiger partial charge in [-0.2, -0.15) is 0 Å². The van der Waals surface area contributed by atoms with Crippen LogP contribution in [0.2, 0.25) is 0 Å². The van der Waals surface area contributed by atoms with Crippen LogP contribution in [0.1, 0.15) is 32.6 Å². The van der Waals surface area contributed by atoms with Gasteiger partial charge >= 0.3 is 5.97 Å². The second-order valence-corrected chi connectivity index (χ2v) is 3.81. The summed E-state index contributed by atoms with van der Waals surface area (Å²) >= 11 is 0. The maximum atomic E-state index is 13.5. The first-order valence-corrected chi connectivity index (χ1v) is 5.22. The van der Waals surface area contributed by atoms with Crippen molar-refractivity contribution in [3.63, 3.8) is 0 Å². The molecule has 86 valence electrons. The number of esters is 1.